The largest absolute Gasteiger partial charge is 0.507 e. The molecule has 2 heterocycles. The normalized spacial score (nSPS) is 12.2. The van der Waals surface area contributed by atoms with Crippen LogP contribution in [0.4, 0.5) is 0 Å². The lowest BCUT2D eigenvalue weighted by Crippen LogP contribution is -2.25. The van der Waals surface area contributed by atoms with Crippen molar-refractivity contribution in [2.45, 2.75) is 26.2 Å². The van der Waals surface area contributed by atoms with Gasteiger partial charge in [0.2, 0.25) is 0 Å². The number of carbonyl (C=O) groups excluding carboxylic acids is 1. The topological polar surface area (TPSA) is 84.3 Å². The molecule has 0 saturated heterocycles. The lowest BCUT2D eigenvalue weighted by Gasteiger charge is -2.22. The molecule has 3 aromatic carbocycles. The van der Waals surface area contributed by atoms with Gasteiger partial charge >= 0.3 is 5.97 Å². The summed E-state index contributed by atoms with van der Waals surface area (Å²) in [5.41, 5.74) is 4.82. The van der Waals surface area contributed by atoms with E-state index in [-0.39, 0.29) is 35.9 Å². The van der Waals surface area contributed by atoms with Crippen LogP contribution in [0, 0.1) is 6.92 Å². The molecule has 0 saturated carbocycles. The zero-order valence-corrected chi connectivity index (χ0v) is 20.5. The number of nitrogens with one attached hydrogen (secondary N) is 1. The van der Waals surface area contributed by atoms with Crippen LogP contribution in [0.2, 0.25) is 0 Å². The van der Waals surface area contributed by atoms with Crippen LogP contribution in [0.25, 0.3) is 21.8 Å². The number of benzene rings is 3. The predicted molar refractivity (Wildman–Crippen MR) is 142 cm³/mol. The van der Waals surface area contributed by atoms with Gasteiger partial charge < -0.3 is 19.4 Å². The van der Waals surface area contributed by atoms with E-state index in [1.165, 1.54) is 0 Å². The number of fused-ring (bicyclic) bond motifs is 2. The standard InChI is InChI=1S/C30H28N2O4/c1-4-36-25(33)17-22-20-9-5-7-11-23(20)31-28(22)26(19-15-13-18(2)14-16-19)27-29(34)21-10-6-8-12-24(21)32(3)30(27)35/h5-16,26,31,34H,4,17H2,1-3H3. The molecule has 5 aromatic rings. The number of H-pyrrole nitrogens is 1. The minimum atomic E-state index is -0.634. The first-order chi connectivity index (χ1) is 17.4. The van der Waals surface area contributed by atoms with E-state index in [1.807, 2.05) is 79.7 Å². The van der Waals surface area contributed by atoms with Crippen LogP contribution in [0.1, 0.15) is 40.8 Å². The van der Waals surface area contributed by atoms with Crippen LogP contribution in [0.5, 0.6) is 5.75 Å². The zero-order chi connectivity index (χ0) is 25.4. The van der Waals surface area contributed by atoms with Crippen LogP contribution in [0.15, 0.2) is 77.6 Å². The molecule has 2 N–H and O–H groups in total. The monoisotopic (exact) mass is 480 g/mol. The first-order valence-electron chi connectivity index (χ1n) is 12.0. The van der Waals surface area contributed by atoms with Gasteiger partial charge in [-0.1, -0.05) is 60.2 Å². The van der Waals surface area contributed by atoms with Crippen molar-refractivity contribution in [2.75, 3.05) is 6.61 Å². The molecule has 182 valence electrons. The number of aromatic hydroxyl groups is 1. The van der Waals surface area contributed by atoms with Crippen molar-refractivity contribution in [3.8, 4) is 5.75 Å². The number of carbonyl (C=O) groups is 1. The molecule has 6 heteroatoms. The van der Waals surface area contributed by atoms with E-state index in [0.29, 0.717) is 16.6 Å². The highest BCUT2D eigenvalue weighted by Gasteiger charge is 2.31. The summed E-state index contributed by atoms with van der Waals surface area (Å²) in [4.78, 5) is 29.9. The summed E-state index contributed by atoms with van der Waals surface area (Å²) in [6, 6.07) is 22.9. The number of esters is 1. The number of ether oxygens (including phenoxy) is 1. The molecular weight excluding hydrogens is 452 g/mol. The van der Waals surface area contributed by atoms with Crippen molar-refractivity contribution >= 4 is 27.8 Å². The molecule has 2 aromatic heterocycles. The van der Waals surface area contributed by atoms with Crippen molar-refractivity contribution in [3.63, 3.8) is 0 Å². The van der Waals surface area contributed by atoms with Crippen LogP contribution < -0.4 is 5.56 Å². The van der Waals surface area contributed by atoms with E-state index in [1.54, 1.807) is 18.5 Å². The molecule has 0 radical (unpaired) electrons. The van der Waals surface area contributed by atoms with Gasteiger partial charge in [-0.05, 0) is 43.2 Å². The van der Waals surface area contributed by atoms with Gasteiger partial charge in [0.15, 0.2) is 0 Å². The van der Waals surface area contributed by atoms with Gasteiger partial charge in [0, 0.05) is 29.0 Å². The molecule has 0 amide bonds. The van der Waals surface area contributed by atoms with Gasteiger partial charge in [-0.15, -0.1) is 0 Å². The lowest BCUT2D eigenvalue weighted by molar-refractivity contribution is -0.142. The molecule has 1 unspecified atom stereocenters. The van der Waals surface area contributed by atoms with Crippen LogP contribution in [0.3, 0.4) is 0 Å². The van der Waals surface area contributed by atoms with Gasteiger partial charge in [0.1, 0.15) is 5.75 Å². The molecule has 5 rings (SSSR count). The van der Waals surface area contributed by atoms with Gasteiger partial charge in [-0.2, -0.15) is 0 Å². The molecule has 1 atom stereocenters. The highest BCUT2D eigenvalue weighted by atomic mass is 16.5. The number of aromatic nitrogens is 2. The Hall–Kier alpha value is -4.32. The molecule has 6 nitrogen and oxygen atoms in total. The van der Waals surface area contributed by atoms with Crippen LogP contribution >= 0.6 is 0 Å². The van der Waals surface area contributed by atoms with E-state index >= 15 is 0 Å². The summed E-state index contributed by atoms with van der Waals surface area (Å²) in [6.45, 7) is 4.06. The summed E-state index contributed by atoms with van der Waals surface area (Å²) < 4.78 is 6.85. The van der Waals surface area contributed by atoms with Gasteiger partial charge in [-0.3, -0.25) is 9.59 Å². The molecule has 0 aliphatic carbocycles. The lowest BCUT2D eigenvalue weighted by atomic mass is 9.85. The maximum absolute atomic E-state index is 13.8. The number of aryl methyl sites for hydroxylation is 2. The van der Waals surface area contributed by atoms with Crippen LogP contribution in [-0.2, 0) is 23.0 Å². The molecular formula is C30H28N2O4. The van der Waals surface area contributed by atoms with Crippen molar-refractivity contribution in [2.24, 2.45) is 7.05 Å². The average molecular weight is 481 g/mol. The number of aromatic amines is 1. The van der Waals surface area contributed by atoms with E-state index < -0.39 is 5.92 Å². The smallest absolute Gasteiger partial charge is 0.310 e. The number of para-hydroxylation sites is 2. The summed E-state index contributed by atoms with van der Waals surface area (Å²) >= 11 is 0. The fourth-order valence-corrected chi connectivity index (χ4v) is 5.01. The zero-order valence-electron chi connectivity index (χ0n) is 20.5. The third-order valence-electron chi connectivity index (χ3n) is 6.77. The Morgan fingerprint density at radius 3 is 2.39 bits per heavy atom. The number of hydrogen-bond donors (Lipinski definition) is 2. The van der Waals surface area contributed by atoms with Crippen molar-refractivity contribution in [1.82, 2.24) is 9.55 Å². The molecule has 0 aliphatic heterocycles. The summed E-state index contributed by atoms with van der Waals surface area (Å²) in [5, 5.41) is 13.0. The quantitative estimate of drug-likeness (QED) is 0.322. The Morgan fingerprint density at radius 2 is 1.67 bits per heavy atom. The number of pyridine rings is 1. The molecule has 36 heavy (non-hydrogen) atoms. The Bertz CT molecular complexity index is 1640. The predicted octanol–water partition coefficient (Wildman–Crippen LogP) is 5.32. The number of hydrogen-bond acceptors (Lipinski definition) is 4. The Kier molecular flexibility index (Phi) is 6.10. The molecule has 0 spiro atoms. The SMILES string of the molecule is CCOC(=O)Cc1c(C(c2ccc(C)cc2)c2c(O)c3ccccc3n(C)c2=O)[nH]c2ccccc12. The maximum Gasteiger partial charge on any atom is 0.310 e. The van der Waals surface area contributed by atoms with Crippen molar-refractivity contribution in [3.05, 3.63) is 111 Å². The summed E-state index contributed by atoms with van der Waals surface area (Å²) in [5.74, 6) is -1.03. The maximum atomic E-state index is 13.8. The molecule has 0 bridgehead atoms. The third kappa shape index (κ3) is 3.94. The first kappa shape index (κ1) is 23.4. The second-order valence-electron chi connectivity index (χ2n) is 9.03. The second-order valence-corrected chi connectivity index (χ2v) is 9.03. The van der Waals surface area contributed by atoms with Crippen molar-refractivity contribution in [1.29, 1.82) is 0 Å². The van der Waals surface area contributed by atoms with Crippen molar-refractivity contribution < 1.29 is 14.6 Å². The highest BCUT2D eigenvalue weighted by Crippen LogP contribution is 2.41. The second kappa shape index (κ2) is 9.38. The minimum Gasteiger partial charge on any atom is -0.507 e. The van der Waals surface area contributed by atoms with Gasteiger partial charge in [0.05, 0.1) is 30.0 Å². The van der Waals surface area contributed by atoms with E-state index in [2.05, 4.69) is 4.98 Å². The Morgan fingerprint density at radius 1 is 1.00 bits per heavy atom. The minimum absolute atomic E-state index is 0.0458. The Balaban J connectivity index is 1.86. The van der Waals surface area contributed by atoms with E-state index in [4.69, 9.17) is 4.74 Å². The van der Waals surface area contributed by atoms with Gasteiger partial charge in [0.25, 0.3) is 5.56 Å². The molecule has 0 aliphatic rings. The summed E-state index contributed by atoms with van der Waals surface area (Å²) in [7, 11) is 1.71. The Labute approximate surface area is 208 Å². The fourth-order valence-electron chi connectivity index (χ4n) is 5.01. The number of nitrogens with zero attached hydrogens (tertiary/aromatic N) is 1. The third-order valence-corrected chi connectivity index (χ3v) is 6.77. The summed E-state index contributed by atoms with van der Waals surface area (Å²) in [6.07, 6.45) is 0.0458. The number of rotatable bonds is 6. The average Bonchev–Trinajstić information content (AvgIpc) is 3.24. The fraction of sp³-hybridized carbons (Fsp3) is 0.200. The van der Waals surface area contributed by atoms with Crippen LogP contribution in [-0.4, -0.2) is 27.2 Å². The van der Waals surface area contributed by atoms with E-state index in [0.717, 1.165) is 27.6 Å². The molecule has 0 fully saturated rings. The van der Waals surface area contributed by atoms with E-state index in [9.17, 15) is 14.7 Å². The highest BCUT2D eigenvalue weighted by molar-refractivity contribution is 5.90. The van der Waals surface area contributed by atoms with Gasteiger partial charge in [-0.25, -0.2) is 0 Å². The first-order valence-corrected chi connectivity index (χ1v) is 12.0.